The molecule has 0 unspecified atom stereocenters. The third kappa shape index (κ3) is 5.43. The molecule has 0 saturated carbocycles. The molecule has 1 aromatic carbocycles. The number of methoxy groups -OCH3 is 2. The van der Waals surface area contributed by atoms with Gasteiger partial charge in [-0.25, -0.2) is 9.67 Å². The number of ether oxygens (including phenoxy) is 2. The van der Waals surface area contributed by atoms with Crippen molar-refractivity contribution in [2.45, 2.75) is 32.2 Å². The van der Waals surface area contributed by atoms with E-state index in [0.29, 0.717) is 47.0 Å². The minimum atomic E-state index is -0.214. The van der Waals surface area contributed by atoms with Gasteiger partial charge in [0.2, 0.25) is 0 Å². The lowest BCUT2D eigenvalue weighted by Gasteiger charge is -2.32. The van der Waals surface area contributed by atoms with E-state index in [4.69, 9.17) is 26.1 Å². The van der Waals surface area contributed by atoms with Crippen LogP contribution >= 0.6 is 11.6 Å². The Hall–Kier alpha value is -3.34. The van der Waals surface area contributed by atoms with E-state index in [1.54, 1.807) is 31.3 Å². The molecule has 3 aromatic heterocycles. The number of benzene rings is 1. The summed E-state index contributed by atoms with van der Waals surface area (Å²) >= 11 is 6.28. The van der Waals surface area contributed by atoms with Crippen LogP contribution in [0.3, 0.4) is 0 Å². The van der Waals surface area contributed by atoms with E-state index in [9.17, 15) is 4.79 Å². The van der Waals surface area contributed by atoms with Crippen LogP contribution in [0.2, 0.25) is 5.15 Å². The number of anilines is 1. The number of hydrogen-bond acceptors (Lipinski definition) is 7. The average Bonchev–Trinajstić information content (AvgIpc) is 3.51. The number of H-pyrrole nitrogens is 2. The third-order valence-electron chi connectivity index (χ3n) is 7.27. The first-order valence-corrected chi connectivity index (χ1v) is 13.3. The molecule has 11 heteroatoms. The highest BCUT2D eigenvalue weighted by Crippen LogP contribution is 2.33. The SMILES string of the molecule is COCCN1CCC(c2cc(C)c3nc(-c4c(NCCn5ncc(OC)c5Cl)cc[nH]c4=O)[nH]c3c2)CC1. The summed E-state index contributed by atoms with van der Waals surface area (Å²) in [6.45, 7) is 6.99. The predicted octanol–water partition coefficient (Wildman–Crippen LogP) is 4.02. The van der Waals surface area contributed by atoms with Crippen molar-refractivity contribution in [1.29, 1.82) is 0 Å². The summed E-state index contributed by atoms with van der Waals surface area (Å²) < 4.78 is 12.1. The van der Waals surface area contributed by atoms with E-state index in [-0.39, 0.29) is 5.56 Å². The Labute approximate surface area is 226 Å². The van der Waals surface area contributed by atoms with E-state index < -0.39 is 0 Å². The fourth-order valence-electron chi connectivity index (χ4n) is 5.19. The standard InChI is InChI=1S/C27H34ClN7O3/c1-17-14-19(18-5-9-34(10-6-18)12-13-37-2)15-21-24(17)33-26(32-21)23-20(4-7-30-27(23)36)29-8-11-35-25(28)22(38-3)16-31-35/h4,7,14-16,18H,5-6,8-13H2,1-3H3,(H,32,33)(H2,29,30,36). The molecule has 5 rings (SSSR count). The number of halogens is 1. The summed E-state index contributed by atoms with van der Waals surface area (Å²) in [5.41, 5.74) is 5.19. The molecule has 1 aliphatic rings. The second-order valence-corrected chi connectivity index (χ2v) is 10.0. The molecule has 0 atom stereocenters. The van der Waals surface area contributed by atoms with E-state index in [1.807, 2.05) is 6.07 Å². The number of likely N-dealkylation sites (tertiary alicyclic amines) is 1. The zero-order valence-electron chi connectivity index (χ0n) is 22.0. The molecule has 38 heavy (non-hydrogen) atoms. The number of piperidine rings is 1. The van der Waals surface area contributed by atoms with Gasteiger partial charge < -0.3 is 29.7 Å². The maximum Gasteiger partial charge on any atom is 0.261 e. The van der Waals surface area contributed by atoms with Crippen LogP contribution in [0.25, 0.3) is 22.4 Å². The molecule has 0 aliphatic carbocycles. The van der Waals surface area contributed by atoms with Crippen molar-refractivity contribution < 1.29 is 9.47 Å². The molecule has 0 amide bonds. The minimum Gasteiger partial charge on any atom is -0.492 e. The number of fused-ring (bicyclic) bond motifs is 1. The topological polar surface area (TPSA) is 113 Å². The highest BCUT2D eigenvalue weighted by atomic mass is 35.5. The van der Waals surface area contributed by atoms with Crippen LogP contribution in [0.5, 0.6) is 5.75 Å². The number of rotatable bonds is 10. The van der Waals surface area contributed by atoms with Crippen LogP contribution in [0.1, 0.15) is 29.9 Å². The average molecular weight is 540 g/mol. The number of hydrogen-bond donors (Lipinski definition) is 3. The molecule has 1 fully saturated rings. The lowest BCUT2D eigenvalue weighted by molar-refractivity contribution is 0.130. The van der Waals surface area contributed by atoms with Crippen LogP contribution in [0, 0.1) is 6.92 Å². The molecule has 3 N–H and O–H groups in total. The largest absolute Gasteiger partial charge is 0.492 e. The molecular formula is C27H34ClN7O3. The van der Waals surface area contributed by atoms with Gasteiger partial charge in [0, 0.05) is 26.4 Å². The second kappa shape index (κ2) is 11.6. The van der Waals surface area contributed by atoms with Gasteiger partial charge >= 0.3 is 0 Å². The number of pyridine rings is 1. The molecule has 10 nitrogen and oxygen atoms in total. The van der Waals surface area contributed by atoms with Crippen molar-refractivity contribution in [3.8, 4) is 17.1 Å². The predicted molar refractivity (Wildman–Crippen MR) is 149 cm³/mol. The fraction of sp³-hybridized carbons (Fsp3) is 0.444. The van der Waals surface area contributed by atoms with Crippen molar-refractivity contribution in [3.05, 3.63) is 57.2 Å². The van der Waals surface area contributed by atoms with E-state index in [1.165, 1.54) is 5.56 Å². The van der Waals surface area contributed by atoms with Crippen LogP contribution in [0.4, 0.5) is 5.69 Å². The molecule has 4 aromatic rings. The van der Waals surface area contributed by atoms with Crippen LogP contribution in [-0.2, 0) is 11.3 Å². The normalized spacial score (nSPS) is 14.8. The second-order valence-electron chi connectivity index (χ2n) is 9.68. The Balaban J connectivity index is 1.35. The van der Waals surface area contributed by atoms with Gasteiger partial charge in [0.25, 0.3) is 5.56 Å². The summed E-state index contributed by atoms with van der Waals surface area (Å²) in [6.07, 6.45) is 5.45. The maximum absolute atomic E-state index is 12.9. The highest BCUT2D eigenvalue weighted by Gasteiger charge is 2.22. The van der Waals surface area contributed by atoms with E-state index in [0.717, 1.165) is 55.7 Å². The minimum absolute atomic E-state index is 0.214. The van der Waals surface area contributed by atoms with Gasteiger partial charge in [-0.15, -0.1) is 0 Å². The quantitative estimate of drug-likeness (QED) is 0.279. The van der Waals surface area contributed by atoms with Crippen molar-refractivity contribution in [1.82, 2.24) is 29.6 Å². The van der Waals surface area contributed by atoms with Crippen molar-refractivity contribution in [3.63, 3.8) is 0 Å². The molecule has 0 spiro atoms. The zero-order chi connectivity index (χ0) is 26.6. The summed E-state index contributed by atoms with van der Waals surface area (Å²) in [4.78, 5) is 26.4. The Morgan fingerprint density at radius 3 is 2.76 bits per heavy atom. The van der Waals surface area contributed by atoms with Crippen molar-refractivity contribution >= 4 is 28.3 Å². The van der Waals surface area contributed by atoms with Gasteiger partial charge in [0.1, 0.15) is 11.4 Å². The summed E-state index contributed by atoms with van der Waals surface area (Å²) in [6, 6.07) is 6.29. The number of aromatic nitrogens is 5. The molecule has 1 aliphatic heterocycles. The smallest absolute Gasteiger partial charge is 0.261 e. The fourth-order valence-corrected chi connectivity index (χ4v) is 5.44. The first-order valence-electron chi connectivity index (χ1n) is 12.9. The first-order chi connectivity index (χ1) is 18.5. The van der Waals surface area contributed by atoms with Gasteiger partial charge in [-0.3, -0.25) is 4.79 Å². The van der Waals surface area contributed by atoms with Gasteiger partial charge in [-0.05, 0) is 62.0 Å². The Kier molecular flexibility index (Phi) is 8.01. The van der Waals surface area contributed by atoms with Crippen molar-refractivity contribution in [2.75, 3.05) is 52.3 Å². The van der Waals surface area contributed by atoms with Crippen LogP contribution in [-0.4, -0.2) is 76.6 Å². The Bertz CT molecular complexity index is 1450. The number of aromatic amines is 2. The number of nitrogens with zero attached hydrogens (tertiary/aromatic N) is 4. The van der Waals surface area contributed by atoms with Gasteiger partial charge in [-0.2, -0.15) is 5.10 Å². The van der Waals surface area contributed by atoms with E-state index >= 15 is 0 Å². The number of aryl methyl sites for hydroxylation is 1. The third-order valence-corrected chi connectivity index (χ3v) is 7.65. The zero-order valence-corrected chi connectivity index (χ0v) is 22.8. The van der Waals surface area contributed by atoms with Gasteiger partial charge in [0.05, 0.1) is 43.2 Å². The number of imidazole rings is 1. The first kappa shape index (κ1) is 26.3. The molecular weight excluding hydrogens is 506 g/mol. The Morgan fingerprint density at radius 2 is 2.03 bits per heavy atom. The van der Waals surface area contributed by atoms with E-state index in [2.05, 4.69) is 44.3 Å². The van der Waals surface area contributed by atoms with Gasteiger partial charge in [-0.1, -0.05) is 17.7 Å². The Morgan fingerprint density at radius 1 is 1.21 bits per heavy atom. The maximum atomic E-state index is 12.9. The van der Waals surface area contributed by atoms with Gasteiger partial charge in [0.15, 0.2) is 10.9 Å². The van der Waals surface area contributed by atoms with Crippen LogP contribution in [0.15, 0.2) is 35.4 Å². The lowest BCUT2D eigenvalue weighted by atomic mass is 9.88. The molecule has 4 heterocycles. The number of nitrogens with one attached hydrogen (secondary N) is 3. The molecule has 1 saturated heterocycles. The molecule has 202 valence electrons. The summed E-state index contributed by atoms with van der Waals surface area (Å²) in [5, 5.41) is 8.02. The molecule has 0 bridgehead atoms. The summed E-state index contributed by atoms with van der Waals surface area (Å²) in [5.74, 6) is 1.57. The monoisotopic (exact) mass is 539 g/mol. The van der Waals surface area contributed by atoms with Crippen LogP contribution < -0.4 is 15.6 Å². The molecule has 0 radical (unpaired) electrons. The highest BCUT2D eigenvalue weighted by molar-refractivity contribution is 6.31. The summed E-state index contributed by atoms with van der Waals surface area (Å²) in [7, 11) is 3.31. The van der Waals surface area contributed by atoms with Crippen molar-refractivity contribution in [2.24, 2.45) is 0 Å². The lowest BCUT2D eigenvalue weighted by Crippen LogP contribution is -2.35.